The molecule has 0 spiro atoms. The van der Waals surface area contributed by atoms with Crippen molar-refractivity contribution >= 4 is 17.2 Å². The van der Waals surface area contributed by atoms with Gasteiger partial charge in [-0.1, -0.05) is 12.1 Å². The average Bonchev–Trinajstić information content (AvgIpc) is 2.83. The van der Waals surface area contributed by atoms with Crippen LogP contribution in [0.15, 0.2) is 41.9 Å². The molecule has 2 aromatic heterocycles. The summed E-state index contributed by atoms with van der Waals surface area (Å²) >= 11 is 1.63. The third kappa shape index (κ3) is 2.46. The maximum atomic E-state index is 11.8. The summed E-state index contributed by atoms with van der Waals surface area (Å²) in [5.41, 5.74) is 0.450. The van der Waals surface area contributed by atoms with E-state index < -0.39 is 0 Å². The summed E-state index contributed by atoms with van der Waals surface area (Å²) in [6.07, 6.45) is 1.62. The molecular formula is C12H12N2OS. The zero-order valence-corrected chi connectivity index (χ0v) is 9.70. The van der Waals surface area contributed by atoms with Crippen molar-refractivity contribution in [1.29, 1.82) is 0 Å². The first-order valence-corrected chi connectivity index (χ1v) is 5.90. The Hall–Kier alpha value is -1.68. The van der Waals surface area contributed by atoms with E-state index in [1.807, 2.05) is 24.4 Å². The van der Waals surface area contributed by atoms with Crippen molar-refractivity contribution in [2.45, 2.75) is 13.0 Å². The molecule has 1 amide bonds. The number of aromatic nitrogens is 1. The van der Waals surface area contributed by atoms with Gasteiger partial charge in [0.2, 0.25) is 0 Å². The monoisotopic (exact) mass is 232 g/mol. The fourth-order valence-corrected chi connectivity index (χ4v) is 2.11. The molecule has 0 saturated carbocycles. The number of carbonyl (C=O) groups excluding carboxylic acids is 1. The van der Waals surface area contributed by atoms with Gasteiger partial charge in [-0.05, 0) is 30.5 Å². The van der Waals surface area contributed by atoms with Gasteiger partial charge in [-0.15, -0.1) is 11.3 Å². The fraction of sp³-hybridized carbons (Fsp3) is 0.167. The molecule has 0 unspecified atom stereocenters. The van der Waals surface area contributed by atoms with Gasteiger partial charge in [-0.3, -0.25) is 9.78 Å². The lowest BCUT2D eigenvalue weighted by Gasteiger charge is -2.11. The van der Waals surface area contributed by atoms with Crippen molar-refractivity contribution < 1.29 is 4.79 Å². The summed E-state index contributed by atoms with van der Waals surface area (Å²) < 4.78 is 0. The van der Waals surface area contributed by atoms with Crippen LogP contribution >= 0.6 is 11.3 Å². The lowest BCUT2D eigenvalue weighted by Crippen LogP contribution is -2.26. The van der Waals surface area contributed by atoms with Gasteiger partial charge < -0.3 is 5.32 Å². The Bertz CT molecular complexity index is 453. The van der Waals surface area contributed by atoms with E-state index in [2.05, 4.69) is 10.3 Å². The highest BCUT2D eigenvalue weighted by Crippen LogP contribution is 2.18. The minimum atomic E-state index is -0.137. The van der Waals surface area contributed by atoms with Gasteiger partial charge in [0.1, 0.15) is 5.69 Å². The lowest BCUT2D eigenvalue weighted by atomic mass is 10.2. The van der Waals surface area contributed by atoms with E-state index in [-0.39, 0.29) is 11.9 Å². The summed E-state index contributed by atoms with van der Waals surface area (Å²) in [7, 11) is 0. The summed E-state index contributed by atoms with van der Waals surface area (Å²) in [4.78, 5) is 16.9. The maximum absolute atomic E-state index is 11.8. The first kappa shape index (κ1) is 10.8. The highest BCUT2D eigenvalue weighted by Gasteiger charge is 2.12. The van der Waals surface area contributed by atoms with Crippen molar-refractivity contribution in [3.63, 3.8) is 0 Å². The fourth-order valence-electron chi connectivity index (χ4n) is 1.38. The number of nitrogens with one attached hydrogen (secondary N) is 1. The van der Waals surface area contributed by atoms with E-state index in [4.69, 9.17) is 0 Å². The van der Waals surface area contributed by atoms with E-state index in [9.17, 15) is 4.79 Å². The van der Waals surface area contributed by atoms with Crippen molar-refractivity contribution in [1.82, 2.24) is 10.3 Å². The smallest absolute Gasteiger partial charge is 0.270 e. The van der Waals surface area contributed by atoms with E-state index in [0.717, 1.165) is 4.88 Å². The Morgan fingerprint density at radius 2 is 2.25 bits per heavy atom. The van der Waals surface area contributed by atoms with Gasteiger partial charge in [0.25, 0.3) is 5.91 Å². The molecule has 0 aliphatic rings. The average molecular weight is 232 g/mol. The van der Waals surface area contributed by atoms with Gasteiger partial charge >= 0.3 is 0 Å². The second-order valence-electron chi connectivity index (χ2n) is 3.43. The first-order chi connectivity index (χ1) is 7.77. The van der Waals surface area contributed by atoms with Crippen molar-refractivity contribution in [3.8, 4) is 0 Å². The van der Waals surface area contributed by atoms with Crippen molar-refractivity contribution in [3.05, 3.63) is 52.5 Å². The second kappa shape index (κ2) is 4.90. The third-order valence-corrected chi connectivity index (χ3v) is 3.27. The van der Waals surface area contributed by atoms with E-state index in [0.29, 0.717) is 5.69 Å². The molecule has 0 aromatic carbocycles. The van der Waals surface area contributed by atoms with Gasteiger partial charge in [0.05, 0.1) is 6.04 Å². The Morgan fingerprint density at radius 1 is 1.38 bits per heavy atom. The molecule has 0 radical (unpaired) electrons. The summed E-state index contributed by atoms with van der Waals surface area (Å²) in [5.74, 6) is -0.137. The Kier molecular flexibility index (Phi) is 3.31. The van der Waals surface area contributed by atoms with Crippen LogP contribution < -0.4 is 5.32 Å². The second-order valence-corrected chi connectivity index (χ2v) is 4.40. The number of carbonyl (C=O) groups is 1. The van der Waals surface area contributed by atoms with Crippen LogP contribution in [0.2, 0.25) is 0 Å². The molecule has 4 heteroatoms. The third-order valence-electron chi connectivity index (χ3n) is 2.22. The molecule has 0 aliphatic heterocycles. The molecule has 0 bridgehead atoms. The number of hydrogen-bond donors (Lipinski definition) is 1. The standard InChI is InChI=1S/C12H12N2OS/c1-9(11-6-4-8-16-11)14-12(15)10-5-2-3-7-13-10/h2-9H,1H3,(H,14,15)/t9-/m0/s1. The maximum Gasteiger partial charge on any atom is 0.270 e. The zero-order chi connectivity index (χ0) is 11.4. The number of rotatable bonds is 3. The van der Waals surface area contributed by atoms with Crippen LogP contribution in [-0.2, 0) is 0 Å². The molecule has 2 rings (SSSR count). The molecule has 2 heterocycles. The van der Waals surface area contributed by atoms with Crippen LogP contribution in [0.5, 0.6) is 0 Å². The van der Waals surface area contributed by atoms with Crippen LogP contribution in [0.1, 0.15) is 28.3 Å². The predicted octanol–water partition coefficient (Wildman–Crippen LogP) is 2.63. The predicted molar refractivity (Wildman–Crippen MR) is 64.4 cm³/mol. The molecule has 3 nitrogen and oxygen atoms in total. The van der Waals surface area contributed by atoms with Crippen LogP contribution in [0.4, 0.5) is 0 Å². The van der Waals surface area contributed by atoms with Gasteiger partial charge in [-0.25, -0.2) is 0 Å². The minimum absolute atomic E-state index is 0.0227. The largest absolute Gasteiger partial charge is 0.343 e. The molecule has 2 aromatic rings. The van der Waals surface area contributed by atoms with E-state index in [1.165, 1.54) is 0 Å². The lowest BCUT2D eigenvalue weighted by molar-refractivity contribution is 0.0935. The van der Waals surface area contributed by atoms with Crippen LogP contribution in [0.3, 0.4) is 0 Å². The molecule has 0 saturated heterocycles. The molecular weight excluding hydrogens is 220 g/mol. The molecule has 82 valence electrons. The van der Waals surface area contributed by atoms with Crippen molar-refractivity contribution in [2.24, 2.45) is 0 Å². The minimum Gasteiger partial charge on any atom is -0.343 e. The number of nitrogens with zero attached hydrogens (tertiary/aromatic N) is 1. The molecule has 0 fully saturated rings. The van der Waals surface area contributed by atoms with Crippen LogP contribution in [-0.4, -0.2) is 10.9 Å². The van der Waals surface area contributed by atoms with Crippen molar-refractivity contribution in [2.75, 3.05) is 0 Å². The number of hydrogen-bond acceptors (Lipinski definition) is 3. The normalized spacial score (nSPS) is 12.1. The molecule has 0 aliphatic carbocycles. The quantitative estimate of drug-likeness (QED) is 0.884. The Labute approximate surface area is 98.2 Å². The zero-order valence-electron chi connectivity index (χ0n) is 8.88. The van der Waals surface area contributed by atoms with Crippen LogP contribution in [0.25, 0.3) is 0 Å². The highest BCUT2D eigenvalue weighted by molar-refractivity contribution is 7.10. The van der Waals surface area contributed by atoms with Gasteiger partial charge in [0.15, 0.2) is 0 Å². The summed E-state index contributed by atoms with van der Waals surface area (Å²) in [5, 5.41) is 4.91. The van der Waals surface area contributed by atoms with E-state index >= 15 is 0 Å². The number of pyridine rings is 1. The molecule has 16 heavy (non-hydrogen) atoms. The summed E-state index contributed by atoms with van der Waals surface area (Å²) in [6, 6.07) is 9.31. The van der Waals surface area contributed by atoms with Crippen LogP contribution in [0, 0.1) is 0 Å². The highest BCUT2D eigenvalue weighted by atomic mass is 32.1. The van der Waals surface area contributed by atoms with E-state index in [1.54, 1.807) is 35.7 Å². The SMILES string of the molecule is C[C@H](NC(=O)c1ccccn1)c1cccs1. The Balaban J connectivity index is 2.03. The summed E-state index contributed by atoms with van der Waals surface area (Å²) in [6.45, 7) is 1.96. The molecule has 1 N–H and O–H groups in total. The first-order valence-electron chi connectivity index (χ1n) is 5.02. The number of thiophene rings is 1. The molecule has 1 atom stereocenters. The Morgan fingerprint density at radius 3 is 2.88 bits per heavy atom. The number of amides is 1. The van der Waals surface area contributed by atoms with Gasteiger partial charge in [-0.2, -0.15) is 0 Å². The topological polar surface area (TPSA) is 42.0 Å². The van der Waals surface area contributed by atoms with Gasteiger partial charge in [0, 0.05) is 11.1 Å².